The zero-order chi connectivity index (χ0) is 15.9. The van der Waals surface area contributed by atoms with Crippen molar-refractivity contribution in [2.75, 3.05) is 19.7 Å². The Morgan fingerprint density at radius 2 is 2.05 bits per heavy atom. The number of carbonyl (C=O) groups excluding carboxylic acids is 2. The van der Waals surface area contributed by atoms with Gasteiger partial charge in [0.1, 0.15) is 5.75 Å². The van der Waals surface area contributed by atoms with Gasteiger partial charge in [-0.1, -0.05) is 22.0 Å². The number of rotatable bonds is 6. The monoisotopic (exact) mass is 368 g/mol. The third-order valence-electron chi connectivity index (χ3n) is 3.84. The highest BCUT2D eigenvalue weighted by molar-refractivity contribution is 9.10. The Balaban J connectivity index is 1.69. The van der Waals surface area contributed by atoms with Crippen molar-refractivity contribution in [2.24, 2.45) is 11.7 Å². The zero-order valence-electron chi connectivity index (χ0n) is 12.5. The van der Waals surface area contributed by atoms with Crippen molar-refractivity contribution in [1.82, 2.24) is 4.90 Å². The number of primary amides is 1. The maximum absolute atomic E-state index is 12.1. The Labute approximate surface area is 138 Å². The maximum atomic E-state index is 12.1. The highest BCUT2D eigenvalue weighted by Gasteiger charge is 2.23. The van der Waals surface area contributed by atoms with Gasteiger partial charge in [-0.05, 0) is 37.0 Å². The van der Waals surface area contributed by atoms with Crippen LogP contribution in [0.2, 0.25) is 0 Å². The number of hydrogen-bond acceptors (Lipinski definition) is 3. The summed E-state index contributed by atoms with van der Waals surface area (Å²) in [6.07, 6.45) is 2.49. The van der Waals surface area contributed by atoms with Crippen LogP contribution in [-0.4, -0.2) is 36.4 Å². The van der Waals surface area contributed by atoms with E-state index in [1.165, 1.54) is 0 Å². The molecule has 22 heavy (non-hydrogen) atoms. The van der Waals surface area contributed by atoms with Crippen LogP contribution in [0.15, 0.2) is 28.7 Å². The summed E-state index contributed by atoms with van der Waals surface area (Å²) in [6, 6.07) is 7.56. The van der Waals surface area contributed by atoms with Gasteiger partial charge in [0.15, 0.2) is 0 Å². The van der Waals surface area contributed by atoms with Gasteiger partial charge in [-0.2, -0.15) is 0 Å². The first-order valence-corrected chi connectivity index (χ1v) is 8.28. The minimum absolute atomic E-state index is 0.104. The van der Waals surface area contributed by atoms with E-state index in [0.717, 1.165) is 23.1 Å². The second-order valence-corrected chi connectivity index (χ2v) is 6.47. The molecule has 0 aromatic heterocycles. The molecule has 2 N–H and O–H groups in total. The highest BCUT2D eigenvalue weighted by atomic mass is 79.9. The minimum Gasteiger partial charge on any atom is -0.493 e. The lowest BCUT2D eigenvalue weighted by atomic mass is 9.93. The predicted molar refractivity (Wildman–Crippen MR) is 87.4 cm³/mol. The van der Waals surface area contributed by atoms with Crippen LogP contribution in [0.5, 0.6) is 5.75 Å². The predicted octanol–water partition coefficient (Wildman–Crippen LogP) is 2.33. The van der Waals surface area contributed by atoms with Crippen LogP contribution in [0.1, 0.15) is 25.7 Å². The van der Waals surface area contributed by atoms with Crippen LogP contribution in [0.25, 0.3) is 0 Å². The average Bonchev–Trinajstić information content (AvgIpc) is 2.47. The fourth-order valence-corrected chi connectivity index (χ4v) is 3.02. The van der Waals surface area contributed by atoms with Gasteiger partial charge in [0, 0.05) is 24.0 Å². The molecule has 1 saturated heterocycles. The van der Waals surface area contributed by atoms with Gasteiger partial charge in [0.25, 0.3) is 0 Å². The van der Waals surface area contributed by atoms with Crippen LogP contribution in [0.4, 0.5) is 0 Å². The number of likely N-dealkylation sites (tertiary alicyclic amines) is 1. The summed E-state index contributed by atoms with van der Waals surface area (Å²) in [6.45, 7) is 1.78. The van der Waals surface area contributed by atoms with Crippen LogP contribution < -0.4 is 10.5 Å². The van der Waals surface area contributed by atoms with Gasteiger partial charge in [-0.3, -0.25) is 9.59 Å². The molecule has 1 fully saturated rings. The summed E-state index contributed by atoms with van der Waals surface area (Å²) >= 11 is 3.38. The Morgan fingerprint density at radius 3 is 2.68 bits per heavy atom. The van der Waals surface area contributed by atoms with Crippen LogP contribution in [0, 0.1) is 5.92 Å². The van der Waals surface area contributed by atoms with Crippen molar-refractivity contribution in [2.45, 2.75) is 25.7 Å². The first-order valence-electron chi connectivity index (χ1n) is 7.49. The second-order valence-electron chi connectivity index (χ2n) is 5.55. The summed E-state index contributed by atoms with van der Waals surface area (Å²) in [7, 11) is 0. The Hall–Kier alpha value is -1.56. The first kappa shape index (κ1) is 16.8. The molecule has 120 valence electrons. The normalized spacial score (nSPS) is 15.6. The molecule has 0 radical (unpaired) electrons. The molecule has 0 aliphatic carbocycles. The van der Waals surface area contributed by atoms with E-state index < -0.39 is 0 Å². The van der Waals surface area contributed by atoms with Gasteiger partial charge in [0.2, 0.25) is 11.8 Å². The van der Waals surface area contributed by atoms with E-state index in [2.05, 4.69) is 15.9 Å². The van der Waals surface area contributed by atoms with E-state index in [0.29, 0.717) is 38.5 Å². The first-order chi connectivity index (χ1) is 10.5. The minimum atomic E-state index is -0.257. The molecule has 2 amide bonds. The van der Waals surface area contributed by atoms with E-state index >= 15 is 0 Å². The number of nitrogens with two attached hydrogens (primary N) is 1. The highest BCUT2D eigenvalue weighted by Crippen LogP contribution is 2.21. The van der Waals surface area contributed by atoms with Gasteiger partial charge >= 0.3 is 0 Å². The number of carbonyl (C=O) groups is 2. The van der Waals surface area contributed by atoms with Crippen molar-refractivity contribution in [3.05, 3.63) is 28.7 Å². The molecule has 1 aliphatic rings. The molecule has 1 aromatic rings. The van der Waals surface area contributed by atoms with Crippen molar-refractivity contribution in [3.8, 4) is 5.75 Å². The quantitative estimate of drug-likeness (QED) is 0.837. The molecule has 1 aliphatic heterocycles. The smallest absolute Gasteiger partial charge is 0.225 e. The number of benzene rings is 1. The average molecular weight is 369 g/mol. The summed E-state index contributed by atoms with van der Waals surface area (Å²) < 4.78 is 6.54. The van der Waals surface area contributed by atoms with Gasteiger partial charge < -0.3 is 15.4 Å². The largest absolute Gasteiger partial charge is 0.493 e. The third kappa shape index (κ3) is 5.33. The molecular weight excluding hydrogens is 348 g/mol. The molecule has 0 spiro atoms. The zero-order valence-corrected chi connectivity index (χ0v) is 14.0. The Morgan fingerprint density at radius 1 is 1.32 bits per heavy atom. The van der Waals surface area contributed by atoms with E-state index in [4.69, 9.17) is 10.5 Å². The van der Waals surface area contributed by atoms with Gasteiger partial charge in [-0.15, -0.1) is 0 Å². The van der Waals surface area contributed by atoms with Crippen LogP contribution >= 0.6 is 15.9 Å². The Bertz CT molecular complexity index is 528. The van der Waals surface area contributed by atoms with E-state index in [1.807, 2.05) is 29.2 Å². The number of ether oxygens (including phenoxy) is 1. The molecule has 0 bridgehead atoms. The second kappa shape index (κ2) is 8.17. The van der Waals surface area contributed by atoms with Crippen molar-refractivity contribution in [1.29, 1.82) is 0 Å². The number of hydrogen-bond donors (Lipinski definition) is 1. The summed E-state index contributed by atoms with van der Waals surface area (Å²) in [5, 5.41) is 0. The fourth-order valence-electron chi connectivity index (χ4n) is 2.64. The van der Waals surface area contributed by atoms with Gasteiger partial charge in [-0.25, -0.2) is 0 Å². The maximum Gasteiger partial charge on any atom is 0.225 e. The number of halogens is 1. The lowest BCUT2D eigenvalue weighted by Gasteiger charge is -2.31. The van der Waals surface area contributed by atoms with Crippen molar-refractivity contribution >= 4 is 27.7 Å². The van der Waals surface area contributed by atoms with Crippen LogP contribution in [0.3, 0.4) is 0 Å². The number of amides is 2. The molecule has 6 heteroatoms. The lowest BCUT2D eigenvalue weighted by Crippen LogP contribution is -2.39. The molecule has 0 unspecified atom stereocenters. The van der Waals surface area contributed by atoms with E-state index in [-0.39, 0.29) is 11.8 Å². The van der Waals surface area contributed by atoms with Crippen molar-refractivity contribution in [3.63, 3.8) is 0 Å². The van der Waals surface area contributed by atoms with Gasteiger partial charge in [0.05, 0.1) is 13.0 Å². The number of nitrogens with zero attached hydrogens (tertiary/aromatic N) is 1. The van der Waals surface area contributed by atoms with Crippen LogP contribution in [-0.2, 0) is 9.59 Å². The summed E-state index contributed by atoms with van der Waals surface area (Å²) in [5.41, 5.74) is 5.21. The Kier molecular flexibility index (Phi) is 6.24. The van der Waals surface area contributed by atoms with Crippen molar-refractivity contribution < 1.29 is 14.3 Å². The lowest BCUT2D eigenvalue weighted by molar-refractivity contribution is -0.133. The molecule has 2 rings (SSSR count). The fraction of sp³-hybridized carbons (Fsp3) is 0.500. The summed E-state index contributed by atoms with van der Waals surface area (Å²) in [4.78, 5) is 24.9. The standard InChI is InChI=1S/C16H21BrN2O3/c17-13-2-1-3-14(11-13)22-9-6-16(21)19-7-4-12(5-8-19)10-15(18)20/h1-3,11-12H,4-10H2,(H2,18,20). The molecule has 0 atom stereocenters. The number of piperidine rings is 1. The SMILES string of the molecule is NC(=O)CC1CCN(C(=O)CCOc2cccc(Br)c2)CC1. The molecule has 5 nitrogen and oxygen atoms in total. The summed E-state index contributed by atoms with van der Waals surface area (Å²) in [5.74, 6) is 0.918. The topological polar surface area (TPSA) is 72.6 Å². The van der Waals surface area contributed by atoms with E-state index in [1.54, 1.807) is 0 Å². The molecule has 1 heterocycles. The molecule has 0 saturated carbocycles. The molecular formula is C16H21BrN2O3. The van der Waals surface area contributed by atoms with E-state index in [9.17, 15) is 9.59 Å². The third-order valence-corrected chi connectivity index (χ3v) is 4.33. The molecule has 1 aromatic carbocycles.